The van der Waals surface area contributed by atoms with E-state index in [0.717, 1.165) is 13.0 Å². The zero-order valence-electron chi connectivity index (χ0n) is 10.7. The molecule has 17 heavy (non-hydrogen) atoms. The van der Waals surface area contributed by atoms with Gasteiger partial charge in [-0.15, -0.1) is 0 Å². The largest absolute Gasteiger partial charge is 0.353 e. The van der Waals surface area contributed by atoms with Crippen molar-refractivity contribution in [2.45, 2.75) is 45.2 Å². The Bertz CT molecular complexity index is 405. The lowest BCUT2D eigenvalue weighted by molar-refractivity contribution is 0.431. The van der Waals surface area contributed by atoms with Crippen LogP contribution in [0.1, 0.15) is 44.2 Å². The molecule has 0 aliphatic heterocycles. The van der Waals surface area contributed by atoms with Crippen LogP contribution in [0.15, 0.2) is 18.5 Å². The first kappa shape index (κ1) is 12.2. The Labute approximate surface area is 103 Å². The molecule has 1 aliphatic rings. The molecule has 2 rings (SSSR count). The van der Waals surface area contributed by atoms with Crippen LogP contribution < -0.4 is 5.32 Å². The second-order valence-electron chi connectivity index (χ2n) is 5.20. The molecule has 1 aliphatic carbocycles. The van der Waals surface area contributed by atoms with Gasteiger partial charge < -0.3 is 9.88 Å². The van der Waals surface area contributed by atoms with Crippen molar-refractivity contribution in [3.8, 4) is 6.07 Å². The molecule has 1 N–H and O–H groups in total. The average molecular weight is 231 g/mol. The molecule has 0 spiro atoms. The molecule has 1 saturated carbocycles. The summed E-state index contributed by atoms with van der Waals surface area (Å²) in [5.41, 5.74) is 1.63. The van der Waals surface area contributed by atoms with E-state index in [9.17, 15) is 0 Å². The van der Waals surface area contributed by atoms with Gasteiger partial charge in [-0.3, -0.25) is 0 Å². The van der Waals surface area contributed by atoms with Crippen LogP contribution in [-0.4, -0.2) is 11.6 Å². The predicted octanol–water partition coefficient (Wildman–Crippen LogP) is 2.85. The molecule has 1 atom stereocenters. The normalized spacial score (nSPS) is 18.6. The Hall–Kier alpha value is -1.27. The number of nitriles is 1. The zero-order valence-corrected chi connectivity index (χ0v) is 10.7. The molecule has 3 heteroatoms. The summed E-state index contributed by atoms with van der Waals surface area (Å²) in [7, 11) is 2.00. The fraction of sp³-hybridized carbons (Fsp3) is 0.643. The van der Waals surface area contributed by atoms with Crippen molar-refractivity contribution in [1.82, 2.24) is 9.88 Å². The van der Waals surface area contributed by atoms with Crippen LogP contribution in [0.4, 0.5) is 0 Å². The molecule has 1 fully saturated rings. The van der Waals surface area contributed by atoms with E-state index in [-0.39, 0.29) is 5.41 Å². The summed E-state index contributed by atoms with van der Waals surface area (Å²) in [5.74, 6) is 0. The monoisotopic (exact) mass is 231 g/mol. The molecule has 0 radical (unpaired) electrons. The fourth-order valence-corrected chi connectivity index (χ4v) is 2.49. The molecule has 92 valence electrons. The maximum atomic E-state index is 8.82. The van der Waals surface area contributed by atoms with Gasteiger partial charge in [0.2, 0.25) is 0 Å². The van der Waals surface area contributed by atoms with E-state index >= 15 is 0 Å². The highest BCUT2D eigenvalue weighted by Gasteiger charge is 2.42. The molecule has 1 aromatic rings. The molecule has 1 heterocycles. The van der Waals surface area contributed by atoms with Gasteiger partial charge in [0, 0.05) is 36.8 Å². The van der Waals surface area contributed by atoms with Gasteiger partial charge >= 0.3 is 0 Å². The Morgan fingerprint density at radius 3 is 2.88 bits per heavy atom. The molecule has 0 saturated heterocycles. The van der Waals surface area contributed by atoms with Crippen LogP contribution in [0.3, 0.4) is 0 Å². The number of aromatic nitrogens is 1. The average Bonchev–Trinajstić information content (AvgIpc) is 2.91. The van der Waals surface area contributed by atoms with Crippen molar-refractivity contribution in [3.05, 3.63) is 24.0 Å². The second-order valence-corrected chi connectivity index (χ2v) is 5.20. The van der Waals surface area contributed by atoms with Crippen LogP contribution in [0.5, 0.6) is 0 Å². The first-order chi connectivity index (χ1) is 8.23. The summed E-state index contributed by atoms with van der Waals surface area (Å²) in [5, 5.41) is 12.1. The quantitative estimate of drug-likeness (QED) is 0.818. The van der Waals surface area contributed by atoms with Crippen LogP contribution in [0.2, 0.25) is 0 Å². The SMILES string of the molecule is CCC(NC)c1ccn(CC2(CC#N)CC2)c1. The molecule has 0 bridgehead atoms. The van der Waals surface area contributed by atoms with Crippen molar-refractivity contribution in [2.24, 2.45) is 5.41 Å². The van der Waals surface area contributed by atoms with E-state index in [1.165, 1.54) is 18.4 Å². The number of hydrogen-bond acceptors (Lipinski definition) is 2. The standard InChI is InChI=1S/C14H21N3/c1-3-13(16-2)12-4-9-17(10-12)11-14(5-6-14)7-8-15/h4,9-10,13,16H,3,5-7,11H2,1-2H3. The van der Waals surface area contributed by atoms with Crippen molar-refractivity contribution < 1.29 is 0 Å². The Morgan fingerprint density at radius 1 is 1.59 bits per heavy atom. The smallest absolute Gasteiger partial charge is 0.0628 e. The number of nitrogens with zero attached hydrogens (tertiary/aromatic N) is 2. The summed E-state index contributed by atoms with van der Waals surface area (Å²) in [6, 6.07) is 4.95. The van der Waals surface area contributed by atoms with Crippen LogP contribution in [-0.2, 0) is 6.54 Å². The lowest BCUT2D eigenvalue weighted by atomic mass is 10.0. The first-order valence-electron chi connectivity index (χ1n) is 6.43. The Kier molecular flexibility index (Phi) is 3.54. The van der Waals surface area contributed by atoms with Gasteiger partial charge in [-0.2, -0.15) is 5.26 Å². The summed E-state index contributed by atoms with van der Waals surface area (Å²) in [6.07, 6.45) is 8.58. The van der Waals surface area contributed by atoms with Gasteiger partial charge in [0.25, 0.3) is 0 Å². The number of rotatable bonds is 6. The molecule has 1 unspecified atom stereocenters. The third kappa shape index (κ3) is 2.70. The molecule has 0 aromatic carbocycles. The van der Waals surface area contributed by atoms with Crippen LogP contribution in [0, 0.1) is 16.7 Å². The zero-order chi connectivity index (χ0) is 12.3. The van der Waals surface area contributed by atoms with Gasteiger partial charge in [0.15, 0.2) is 0 Å². The molecule has 3 nitrogen and oxygen atoms in total. The van der Waals surface area contributed by atoms with Crippen molar-refractivity contribution >= 4 is 0 Å². The minimum absolute atomic E-state index is 0.284. The number of hydrogen-bond donors (Lipinski definition) is 1. The highest BCUT2D eigenvalue weighted by Crippen LogP contribution is 2.50. The van der Waals surface area contributed by atoms with Gasteiger partial charge in [0.05, 0.1) is 6.07 Å². The summed E-state index contributed by atoms with van der Waals surface area (Å²) in [4.78, 5) is 0. The van der Waals surface area contributed by atoms with Gasteiger partial charge in [-0.1, -0.05) is 6.92 Å². The maximum absolute atomic E-state index is 8.82. The maximum Gasteiger partial charge on any atom is 0.0628 e. The van der Waals surface area contributed by atoms with Gasteiger partial charge in [-0.05, 0) is 37.9 Å². The van der Waals surface area contributed by atoms with Crippen molar-refractivity contribution in [1.29, 1.82) is 5.26 Å². The van der Waals surface area contributed by atoms with E-state index in [0.29, 0.717) is 12.5 Å². The molecular weight excluding hydrogens is 210 g/mol. The fourth-order valence-electron chi connectivity index (χ4n) is 2.49. The lowest BCUT2D eigenvalue weighted by Gasteiger charge is -2.13. The lowest BCUT2D eigenvalue weighted by Crippen LogP contribution is -2.15. The Balaban J connectivity index is 2.02. The third-order valence-electron chi connectivity index (χ3n) is 3.86. The van der Waals surface area contributed by atoms with Crippen molar-refractivity contribution in [2.75, 3.05) is 7.05 Å². The Morgan fingerprint density at radius 2 is 2.35 bits per heavy atom. The van der Waals surface area contributed by atoms with Crippen molar-refractivity contribution in [3.63, 3.8) is 0 Å². The summed E-state index contributed by atoms with van der Waals surface area (Å²) >= 11 is 0. The minimum atomic E-state index is 0.284. The van der Waals surface area contributed by atoms with E-state index in [1.54, 1.807) is 0 Å². The molecule has 0 amide bonds. The molecular formula is C14H21N3. The van der Waals surface area contributed by atoms with Crippen LogP contribution in [0.25, 0.3) is 0 Å². The molecule has 1 aromatic heterocycles. The highest BCUT2D eigenvalue weighted by molar-refractivity contribution is 5.16. The summed E-state index contributed by atoms with van der Waals surface area (Å²) in [6.45, 7) is 3.19. The van der Waals surface area contributed by atoms with Gasteiger partial charge in [0.1, 0.15) is 0 Å². The number of nitrogens with one attached hydrogen (secondary N) is 1. The van der Waals surface area contributed by atoms with E-state index in [2.05, 4.69) is 41.3 Å². The highest BCUT2D eigenvalue weighted by atomic mass is 15.0. The van der Waals surface area contributed by atoms with E-state index in [1.807, 2.05) is 7.05 Å². The second kappa shape index (κ2) is 4.93. The van der Waals surface area contributed by atoms with E-state index < -0.39 is 0 Å². The topological polar surface area (TPSA) is 40.8 Å². The third-order valence-corrected chi connectivity index (χ3v) is 3.86. The van der Waals surface area contributed by atoms with E-state index in [4.69, 9.17) is 5.26 Å². The van der Waals surface area contributed by atoms with Gasteiger partial charge in [-0.25, -0.2) is 0 Å². The predicted molar refractivity (Wildman–Crippen MR) is 68.4 cm³/mol. The van der Waals surface area contributed by atoms with Crippen LogP contribution >= 0.6 is 0 Å². The first-order valence-corrected chi connectivity index (χ1v) is 6.43. The minimum Gasteiger partial charge on any atom is -0.353 e. The summed E-state index contributed by atoms with van der Waals surface area (Å²) < 4.78 is 2.25.